The molecule has 6 heteroatoms. The van der Waals surface area contributed by atoms with Crippen LogP contribution in [-0.4, -0.2) is 39.0 Å². The van der Waals surface area contributed by atoms with Crippen LogP contribution >= 0.6 is 0 Å². The molecule has 166 valence electrons. The summed E-state index contributed by atoms with van der Waals surface area (Å²) < 4.78 is 21.2. The summed E-state index contributed by atoms with van der Waals surface area (Å²) in [5.41, 5.74) is 2.80. The minimum absolute atomic E-state index is 0.178. The van der Waals surface area contributed by atoms with Gasteiger partial charge in [0, 0.05) is 25.7 Å². The van der Waals surface area contributed by atoms with Gasteiger partial charge in [-0.2, -0.15) is 5.10 Å². The smallest absolute Gasteiger partial charge is 0.222 e. The van der Waals surface area contributed by atoms with Gasteiger partial charge in [-0.1, -0.05) is 51.1 Å². The highest BCUT2D eigenvalue weighted by Crippen LogP contribution is 2.34. The number of rotatable bonds is 10. The maximum Gasteiger partial charge on any atom is 0.222 e. The first-order valence-electron chi connectivity index (χ1n) is 10.8. The number of nitrogens with zero attached hydrogens (tertiary/aromatic N) is 3. The highest BCUT2D eigenvalue weighted by molar-refractivity contribution is 5.65. The van der Waals surface area contributed by atoms with Crippen molar-refractivity contribution in [3.05, 3.63) is 66.0 Å². The summed E-state index contributed by atoms with van der Waals surface area (Å²) in [6.45, 7) is 8.19. The molecule has 0 fully saturated rings. The van der Waals surface area contributed by atoms with Crippen molar-refractivity contribution in [1.29, 1.82) is 0 Å². The van der Waals surface area contributed by atoms with Crippen LogP contribution in [0.15, 0.2) is 54.6 Å². The molecular weight excluding hydrogens is 393 g/mol. The number of aliphatic hydroxyl groups excluding tert-OH is 1. The van der Waals surface area contributed by atoms with Gasteiger partial charge in [0.05, 0.1) is 11.7 Å². The molecule has 0 amide bonds. The highest BCUT2D eigenvalue weighted by atomic mass is 19.1. The van der Waals surface area contributed by atoms with Crippen molar-refractivity contribution in [2.45, 2.75) is 39.8 Å². The minimum atomic E-state index is -0.412. The lowest BCUT2D eigenvalue weighted by Crippen LogP contribution is -2.35. The van der Waals surface area contributed by atoms with Gasteiger partial charge in [0.25, 0.3) is 0 Å². The number of halogens is 1. The first kappa shape index (κ1) is 23.0. The van der Waals surface area contributed by atoms with E-state index < -0.39 is 6.10 Å². The molecule has 1 aromatic heterocycles. The molecule has 0 aliphatic heterocycles. The summed E-state index contributed by atoms with van der Waals surface area (Å²) in [4.78, 5) is 2.24. The Hall–Kier alpha value is -2.70. The number of ether oxygens (including phenoxy) is 1. The van der Waals surface area contributed by atoms with Gasteiger partial charge in [-0.15, -0.1) is 0 Å². The van der Waals surface area contributed by atoms with E-state index in [1.54, 1.807) is 16.8 Å². The molecule has 5 nitrogen and oxygen atoms in total. The van der Waals surface area contributed by atoms with Crippen molar-refractivity contribution in [1.82, 2.24) is 14.7 Å². The lowest BCUT2D eigenvalue weighted by molar-refractivity contribution is 0.0729. The number of benzene rings is 2. The maximum absolute atomic E-state index is 13.3. The zero-order valence-electron chi connectivity index (χ0n) is 18.8. The average molecular weight is 426 g/mol. The predicted octanol–water partition coefficient (Wildman–Crippen LogP) is 5.25. The van der Waals surface area contributed by atoms with E-state index in [9.17, 15) is 9.50 Å². The van der Waals surface area contributed by atoms with Crippen LogP contribution in [-0.2, 0) is 13.6 Å². The average Bonchev–Trinajstić information content (AvgIpc) is 3.05. The molecule has 0 saturated heterocycles. The van der Waals surface area contributed by atoms with Crippen LogP contribution in [0.5, 0.6) is 11.6 Å². The molecule has 31 heavy (non-hydrogen) atoms. The first-order chi connectivity index (χ1) is 14.9. The van der Waals surface area contributed by atoms with E-state index in [0.29, 0.717) is 24.7 Å². The molecule has 0 aliphatic carbocycles. The van der Waals surface area contributed by atoms with E-state index in [0.717, 1.165) is 29.8 Å². The molecule has 3 aromatic rings. The van der Waals surface area contributed by atoms with E-state index in [2.05, 4.69) is 11.8 Å². The molecule has 1 atom stereocenters. The van der Waals surface area contributed by atoms with Gasteiger partial charge in [-0.05, 0) is 43.1 Å². The Balaban J connectivity index is 2.00. The SMILES string of the molecule is CCCN(Cc1c(-c2ccccc2)nn(C)c1Oc1ccc(F)cc1)C[C@@H](O)C(C)C. The van der Waals surface area contributed by atoms with Gasteiger partial charge in [0.15, 0.2) is 0 Å². The molecule has 0 spiro atoms. The van der Waals surface area contributed by atoms with Crippen LogP contribution in [0, 0.1) is 11.7 Å². The standard InChI is InChI=1S/C25H32FN3O2/c1-5-15-29(17-23(30)18(2)3)16-22-24(19-9-7-6-8-10-19)27-28(4)25(22)31-21-13-11-20(26)12-14-21/h6-14,18,23,30H,5,15-17H2,1-4H3/t23-/m1/s1. The monoisotopic (exact) mass is 425 g/mol. The van der Waals surface area contributed by atoms with Crippen molar-refractivity contribution in [3.63, 3.8) is 0 Å². The Morgan fingerprint density at radius 3 is 2.39 bits per heavy atom. The summed E-state index contributed by atoms with van der Waals surface area (Å²) in [6.07, 6.45) is 0.560. The largest absolute Gasteiger partial charge is 0.439 e. The van der Waals surface area contributed by atoms with Crippen LogP contribution < -0.4 is 4.74 Å². The van der Waals surface area contributed by atoms with E-state index in [1.807, 2.05) is 51.2 Å². The van der Waals surface area contributed by atoms with Gasteiger partial charge in [-0.3, -0.25) is 4.90 Å². The minimum Gasteiger partial charge on any atom is -0.439 e. The summed E-state index contributed by atoms with van der Waals surface area (Å²) in [5, 5.41) is 15.2. The Bertz CT molecular complexity index is 955. The second-order valence-electron chi connectivity index (χ2n) is 8.22. The number of aromatic nitrogens is 2. The second kappa shape index (κ2) is 10.6. The molecule has 0 unspecified atom stereocenters. The fourth-order valence-corrected chi connectivity index (χ4v) is 3.51. The van der Waals surface area contributed by atoms with Crippen LogP contribution in [0.25, 0.3) is 11.3 Å². The van der Waals surface area contributed by atoms with Crippen molar-refractivity contribution in [2.24, 2.45) is 13.0 Å². The van der Waals surface area contributed by atoms with E-state index in [-0.39, 0.29) is 11.7 Å². The zero-order valence-corrected chi connectivity index (χ0v) is 18.8. The quantitative estimate of drug-likeness (QED) is 0.482. The topological polar surface area (TPSA) is 50.5 Å². The van der Waals surface area contributed by atoms with E-state index >= 15 is 0 Å². The third kappa shape index (κ3) is 5.93. The third-order valence-electron chi connectivity index (χ3n) is 5.30. The summed E-state index contributed by atoms with van der Waals surface area (Å²) >= 11 is 0. The number of aliphatic hydroxyl groups is 1. The van der Waals surface area contributed by atoms with Gasteiger partial charge >= 0.3 is 0 Å². The van der Waals surface area contributed by atoms with E-state index in [4.69, 9.17) is 9.84 Å². The molecule has 0 radical (unpaired) electrons. The van der Waals surface area contributed by atoms with Crippen LogP contribution in [0.2, 0.25) is 0 Å². The summed E-state index contributed by atoms with van der Waals surface area (Å²) in [6, 6.07) is 16.0. The first-order valence-corrected chi connectivity index (χ1v) is 10.8. The lowest BCUT2D eigenvalue weighted by Gasteiger charge is -2.26. The van der Waals surface area contributed by atoms with Crippen LogP contribution in [0.4, 0.5) is 4.39 Å². The van der Waals surface area contributed by atoms with Crippen LogP contribution in [0.3, 0.4) is 0 Å². The molecule has 1 heterocycles. The van der Waals surface area contributed by atoms with Crippen molar-refractivity contribution >= 4 is 0 Å². The molecule has 0 saturated carbocycles. The number of aryl methyl sites for hydroxylation is 1. The zero-order chi connectivity index (χ0) is 22.4. The fourth-order valence-electron chi connectivity index (χ4n) is 3.51. The molecular formula is C25H32FN3O2. The fraction of sp³-hybridized carbons (Fsp3) is 0.400. The summed E-state index contributed by atoms with van der Waals surface area (Å²) in [7, 11) is 1.85. The molecule has 0 bridgehead atoms. The van der Waals surface area contributed by atoms with Gasteiger partial charge in [-0.25, -0.2) is 9.07 Å². The highest BCUT2D eigenvalue weighted by Gasteiger charge is 2.23. The third-order valence-corrected chi connectivity index (χ3v) is 5.30. The Morgan fingerprint density at radius 2 is 1.77 bits per heavy atom. The van der Waals surface area contributed by atoms with Gasteiger partial charge in [0.1, 0.15) is 17.3 Å². The van der Waals surface area contributed by atoms with Crippen LogP contribution in [0.1, 0.15) is 32.8 Å². The maximum atomic E-state index is 13.3. The lowest BCUT2D eigenvalue weighted by atomic mass is 10.0. The van der Waals surface area contributed by atoms with Crippen molar-refractivity contribution < 1.29 is 14.2 Å². The molecule has 3 rings (SSSR count). The molecule has 1 N–H and O–H groups in total. The predicted molar refractivity (Wildman–Crippen MR) is 122 cm³/mol. The van der Waals surface area contributed by atoms with Gasteiger partial charge < -0.3 is 9.84 Å². The second-order valence-corrected chi connectivity index (χ2v) is 8.22. The normalized spacial score (nSPS) is 12.5. The Labute approximate surface area is 184 Å². The molecule has 0 aliphatic rings. The number of hydrogen-bond donors (Lipinski definition) is 1. The molecule has 2 aromatic carbocycles. The van der Waals surface area contributed by atoms with Crippen molar-refractivity contribution in [3.8, 4) is 22.9 Å². The van der Waals surface area contributed by atoms with E-state index in [1.165, 1.54) is 12.1 Å². The van der Waals surface area contributed by atoms with Gasteiger partial charge in [0.2, 0.25) is 5.88 Å². The Kier molecular flexibility index (Phi) is 7.82. The van der Waals surface area contributed by atoms with Crippen molar-refractivity contribution in [2.75, 3.05) is 13.1 Å². The Morgan fingerprint density at radius 1 is 1.10 bits per heavy atom. The summed E-state index contributed by atoms with van der Waals surface area (Å²) in [5.74, 6) is 1.04. The number of hydrogen-bond acceptors (Lipinski definition) is 4.